The van der Waals surface area contributed by atoms with Gasteiger partial charge in [-0.2, -0.15) is 0 Å². The van der Waals surface area contributed by atoms with Crippen molar-refractivity contribution in [1.82, 2.24) is 5.43 Å². The van der Waals surface area contributed by atoms with E-state index in [0.29, 0.717) is 11.4 Å². The van der Waals surface area contributed by atoms with Crippen molar-refractivity contribution in [3.8, 4) is 0 Å². The minimum Gasteiger partial charge on any atom is -0.308 e. The number of hydrogen-bond donors (Lipinski definition) is 2. The van der Waals surface area contributed by atoms with Gasteiger partial charge in [0, 0.05) is 0 Å². The fraction of sp³-hybridized carbons (Fsp3) is 0.462. The molecule has 17 heavy (non-hydrogen) atoms. The van der Waals surface area contributed by atoms with E-state index in [0.717, 1.165) is 18.4 Å². The van der Waals surface area contributed by atoms with E-state index in [1.165, 1.54) is 18.9 Å². The molecule has 0 amide bonds. The van der Waals surface area contributed by atoms with Crippen molar-refractivity contribution in [2.75, 3.05) is 0 Å². The highest BCUT2D eigenvalue weighted by Gasteiger charge is 2.16. The summed E-state index contributed by atoms with van der Waals surface area (Å²) in [6.07, 6.45) is 4.53. The molecule has 0 unspecified atom stereocenters. The largest absolute Gasteiger partial charge is 0.308 e. The van der Waals surface area contributed by atoms with Crippen LogP contribution in [0.4, 0.5) is 4.39 Å². The van der Waals surface area contributed by atoms with E-state index in [9.17, 15) is 4.39 Å². The number of nitrogens with one attached hydrogen (secondary N) is 1. The minimum absolute atomic E-state index is 0.279. The summed E-state index contributed by atoms with van der Waals surface area (Å²) in [5.41, 5.74) is 3.98. The van der Waals surface area contributed by atoms with Gasteiger partial charge in [-0.3, -0.25) is 4.99 Å². The predicted octanol–water partition coefficient (Wildman–Crippen LogP) is 2.29. The van der Waals surface area contributed by atoms with E-state index in [4.69, 9.17) is 5.84 Å². The lowest BCUT2D eigenvalue weighted by Gasteiger charge is -2.11. The Kier molecular flexibility index (Phi) is 3.74. The molecule has 1 saturated carbocycles. The highest BCUT2D eigenvalue weighted by molar-refractivity contribution is 5.98. The quantitative estimate of drug-likeness (QED) is 0.357. The second kappa shape index (κ2) is 5.27. The van der Waals surface area contributed by atoms with Gasteiger partial charge in [-0.25, -0.2) is 10.2 Å². The molecule has 1 aliphatic rings. The van der Waals surface area contributed by atoms with Crippen LogP contribution in [-0.2, 0) is 0 Å². The molecule has 0 bridgehead atoms. The third-order valence-electron chi connectivity index (χ3n) is 3.15. The lowest BCUT2D eigenvalue weighted by Crippen LogP contribution is -2.33. The fourth-order valence-electron chi connectivity index (χ4n) is 2.22. The number of hydrogen-bond acceptors (Lipinski definition) is 2. The molecule has 1 aliphatic carbocycles. The molecule has 0 saturated heterocycles. The molecule has 0 heterocycles. The van der Waals surface area contributed by atoms with Crippen molar-refractivity contribution in [3.05, 3.63) is 35.1 Å². The smallest absolute Gasteiger partial charge is 0.145 e. The Morgan fingerprint density at radius 3 is 2.76 bits per heavy atom. The number of aryl methyl sites for hydroxylation is 1. The van der Waals surface area contributed by atoms with E-state index in [1.54, 1.807) is 12.1 Å². The maximum atomic E-state index is 13.7. The molecular weight excluding hydrogens is 217 g/mol. The summed E-state index contributed by atoms with van der Waals surface area (Å²) >= 11 is 0. The third-order valence-corrected chi connectivity index (χ3v) is 3.15. The molecule has 2 rings (SSSR count). The van der Waals surface area contributed by atoms with Crippen LogP contribution in [0.15, 0.2) is 23.2 Å². The van der Waals surface area contributed by atoms with Crippen LogP contribution in [0.3, 0.4) is 0 Å². The first-order valence-corrected chi connectivity index (χ1v) is 6.01. The summed E-state index contributed by atoms with van der Waals surface area (Å²) in [4.78, 5) is 4.51. The normalized spacial score (nSPS) is 17.5. The molecule has 4 heteroatoms. The Morgan fingerprint density at radius 1 is 1.41 bits per heavy atom. The lowest BCUT2D eigenvalue weighted by molar-refractivity contribution is 0.622. The lowest BCUT2D eigenvalue weighted by atomic mass is 10.1. The van der Waals surface area contributed by atoms with Crippen molar-refractivity contribution in [2.45, 2.75) is 38.6 Å². The maximum absolute atomic E-state index is 13.7. The van der Waals surface area contributed by atoms with Gasteiger partial charge in [0.15, 0.2) is 0 Å². The van der Waals surface area contributed by atoms with Crippen LogP contribution in [0.2, 0.25) is 0 Å². The zero-order valence-electron chi connectivity index (χ0n) is 10.0. The van der Waals surface area contributed by atoms with Gasteiger partial charge < -0.3 is 5.43 Å². The molecule has 0 atom stereocenters. The molecular formula is C13H18FN3. The number of aliphatic imine (C=N–C) groups is 1. The standard InChI is InChI=1S/C13H18FN3/c1-9-6-7-12(14)11(8-9)13(17-15)16-10-4-2-3-5-10/h6-8,10H,2-5,15H2,1H3,(H,16,17). The number of hydrazine groups is 1. The third kappa shape index (κ3) is 2.82. The predicted molar refractivity (Wildman–Crippen MR) is 67.3 cm³/mol. The summed E-state index contributed by atoms with van der Waals surface area (Å²) in [6, 6.07) is 5.23. The molecule has 0 radical (unpaired) electrons. The number of rotatable bonds is 2. The van der Waals surface area contributed by atoms with Crippen molar-refractivity contribution < 1.29 is 4.39 Å². The number of benzene rings is 1. The Balaban J connectivity index is 2.30. The van der Waals surface area contributed by atoms with Crippen LogP contribution in [-0.4, -0.2) is 11.9 Å². The van der Waals surface area contributed by atoms with Gasteiger partial charge >= 0.3 is 0 Å². The molecule has 0 aromatic heterocycles. The van der Waals surface area contributed by atoms with Crippen molar-refractivity contribution in [1.29, 1.82) is 0 Å². The second-order valence-corrected chi connectivity index (χ2v) is 4.54. The highest BCUT2D eigenvalue weighted by Crippen LogP contribution is 2.22. The van der Waals surface area contributed by atoms with Crippen molar-refractivity contribution >= 4 is 5.84 Å². The zero-order chi connectivity index (χ0) is 12.3. The number of amidine groups is 1. The van der Waals surface area contributed by atoms with Crippen molar-refractivity contribution in [2.24, 2.45) is 10.8 Å². The number of nitrogens with zero attached hydrogens (tertiary/aromatic N) is 1. The number of halogens is 1. The van der Waals surface area contributed by atoms with Crippen LogP contribution < -0.4 is 11.3 Å². The van der Waals surface area contributed by atoms with Gasteiger partial charge in [-0.1, -0.05) is 24.5 Å². The van der Waals surface area contributed by atoms with Gasteiger partial charge in [0.05, 0.1) is 11.6 Å². The molecule has 3 N–H and O–H groups in total. The van der Waals surface area contributed by atoms with Crippen LogP contribution in [0.1, 0.15) is 36.8 Å². The van der Waals surface area contributed by atoms with Gasteiger partial charge in [0.2, 0.25) is 0 Å². The average Bonchev–Trinajstić information content (AvgIpc) is 2.82. The molecule has 0 aliphatic heterocycles. The van der Waals surface area contributed by atoms with E-state index < -0.39 is 0 Å². The van der Waals surface area contributed by atoms with Gasteiger partial charge in [-0.05, 0) is 31.9 Å². The monoisotopic (exact) mass is 235 g/mol. The minimum atomic E-state index is -0.287. The summed E-state index contributed by atoms with van der Waals surface area (Å²) in [7, 11) is 0. The van der Waals surface area contributed by atoms with E-state index in [-0.39, 0.29) is 11.9 Å². The Bertz CT molecular complexity index is 423. The van der Waals surface area contributed by atoms with Gasteiger partial charge in [0.1, 0.15) is 11.7 Å². The zero-order valence-corrected chi connectivity index (χ0v) is 10.0. The Morgan fingerprint density at radius 2 is 2.12 bits per heavy atom. The summed E-state index contributed by atoms with van der Waals surface area (Å²) in [5, 5.41) is 0. The molecule has 3 nitrogen and oxygen atoms in total. The molecule has 92 valence electrons. The Labute approximate surface area is 101 Å². The first-order chi connectivity index (χ1) is 8.20. The van der Waals surface area contributed by atoms with Crippen LogP contribution in [0, 0.1) is 12.7 Å². The highest BCUT2D eigenvalue weighted by atomic mass is 19.1. The maximum Gasteiger partial charge on any atom is 0.145 e. The first kappa shape index (κ1) is 12.0. The molecule has 1 aromatic rings. The van der Waals surface area contributed by atoms with Crippen molar-refractivity contribution in [3.63, 3.8) is 0 Å². The summed E-state index contributed by atoms with van der Waals surface area (Å²) < 4.78 is 13.7. The van der Waals surface area contributed by atoms with Crippen LogP contribution in [0.5, 0.6) is 0 Å². The summed E-state index contributed by atoms with van der Waals surface area (Å²) in [6.45, 7) is 1.92. The second-order valence-electron chi connectivity index (χ2n) is 4.54. The molecule has 1 aromatic carbocycles. The average molecular weight is 235 g/mol. The first-order valence-electron chi connectivity index (χ1n) is 6.01. The summed E-state index contributed by atoms with van der Waals surface area (Å²) in [5.74, 6) is 5.62. The molecule has 0 spiro atoms. The van der Waals surface area contributed by atoms with E-state index >= 15 is 0 Å². The SMILES string of the molecule is Cc1ccc(F)c(C(=NC2CCCC2)NN)c1. The van der Waals surface area contributed by atoms with Gasteiger partial charge in [-0.15, -0.1) is 0 Å². The van der Waals surface area contributed by atoms with E-state index in [1.807, 2.05) is 6.92 Å². The molecule has 1 fully saturated rings. The van der Waals surface area contributed by atoms with Crippen LogP contribution in [0.25, 0.3) is 0 Å². The Hall–Kier alpha value is -1.42. The van der Waals surface area contributed by atoms with Crippen LogP contribution >= 0.6 is 0 Å². The van der Waals surface area contributed by atoms with Gasteiger partial charge in [0.25, 0.3) is 0 Å². The fourth-order valence-corrected chi connectivity index (χ4v) is 2.22. The number of nitrogens with two attached hydrogens (primary N) is 1. The topological polar surface area (TPSA) is 50.4 Å². The van der Waals surface area contributed by atoms with E-state index in [2.05, 4.69) is 10.4 Å².